The van der Waals surface area contributed by atoms with Crippen LogP contribution in [0.4, 0.5) is 5.13 Å². The molecule has 3 rings (SSSR count). The summed E-state index contributed by atoms with van der Waals surface area (Å²) in [5.41, 5.74) is 7.40. The molecule has 0 radical (unpaired) electrons. The van der Waals surface area contributed by atoms with Crippen LogP contribution in [0.25, 0.3) is 0 Å². The van der Waals surface area contributed by atoms with Crippen LogP contribution in [0.1, 0.15) is 27.3 Å². The standard InChI is InChI=1S/C14H13Cl2N3OS/c15-8-3-7(4-9(16)5-8)13(20)19-14-18-11-2-1-10(17)6-12(11)21-14/h3-5,10H,1-2,6,17H2,(H,18,19,20)/t10-/m0/s1. The molecule has 1 amide bonds. The fourth-order valence-corrected chi connectivity index (χ4v) is 3.93. The Morgan fingerprint density at radius 3 is 2.76 bits per heavy atom. The smallest absolute Gasteiger partial charge is 0.257 e. The predicted molar refractivity (Wildman–Crippen MR) is 86.5 cm³/mol. The van der Waals surface area contributed by atoms with Gasteiger partial charge in [-0.3, -0.25) is 10.1 Å². The average molecular weight is 342 g/mol. The largest absolute Gasteiger partial charge is 0.327 e. The van der Waals surface area contributed by atoms with Crippen molar-refractivity contribution in [1.82, 2.24) is 4.98 Å². The molecule has 1 atom stereocenters. The van der Waals surface area contributed by atoms with Gasteiger partial charge in [0.05, 0.1) is 5.69 Å². The molecule has 4 nitrogen and oxygen atoms in total. The molecule has 3 N–H and O–H groups in total. The molecular formula is C14H13Cl2N3OS. The number of carbonyl (C=O) groups excluding carboxylic acids is 1. The highest BCUT2D eigenvalue weighted by molar-refractivity contribution is 7.15. The van der Waals surface area contributed by atoms with Crippen LogP contribution in [0.15, 0.2) is 18.2 Å². The Bertz CT molecular complexity index is 681. The Hall–Kier alpha value is -1.14. The van der Waals surface area contributed by atoms with Crippen LogP contribution in [0, 0.1) is 0 Å². The number of aryl methyl sites for hydroxylation is 1. The predicted octanol–water partition coefficient (Wildman–Crippen LogP) is 3.52. The normalized spacial score (nSPS) is 17.4. The van der Waals surface area contributed by atoms with Crippen molar-refractivity contribution >= 4 is 45.6 Å². The number of thiazole rings is 1. The van der Waals surface area contributed by atoms with E-state index in [2.05, 4.69) is 10.3 Å². The Morgan fingerprint density at radius 1 is 1.33 bits per heavy atom. The van der Waals surface area contributed by atoms with Crippen LogP contribution in [0.2, 0.25) is 10.0 Å². The van der Waals surface area contributed by atoms with Crippen molar-refractivity contribution < 1.29 is 4.79 Å². The first-order chi connectivity index (χ1) is 10.0. The van der Waals surface area contributed by atoms with E-state index in [1.807, 2.05) is 0 Å². The second-order valence-electron chi connectivity index (χ2n) is 5.00. The maximum absolute atomic E-state index is 12.2. The number of nitrogens with one attached hydrogen (secondary N) is 1. The van der Waals surface area contributed by atoms with Crippen LogP contribution in [0.3, 0.4) is 0 Å². The maximum Gasteiger partial charge on any atom is 0.257 e. The van der Waals surface area contributed by atoms with Gasteiger partial charge in [0.15, 0.2) is 5.13 Å². The van der Waals surface area contributed by atoms with Crippen molar-refractivity contribution in [2.75, 3.05) is 5.32 Å². The van der Waals surface area contributed by atoms with Gasteiger partial charge in [-0.1, -0.05) is 23.2 Å². The average Bonchev–Trinajstić information content (AvgIpc) is 2.78. The number of aromatic nitrogens is 1. The minimum absolute atomic E-state index is 0.188. The highest BCUT2D eigenvalue weighted by Gasteiger charge is 2.21. The summed E-state index contributed by atoms with van der Waals surface area (Å²) in [4.78, 5) is 17.8. The number of nitrogens with zero attached hydrogens (tertiary/aromatic N) is 1. The van der Waals surface area contributed by atoms with Gasteiger partial charge in [0.2, 0.25) is 0 Å². The molecule has 2 aromatic rings. The van der Waals surface area contributed by atoms with Gasteiger partial charge in [0.25, 0.3) is 5.91 Å². The van der Waals surface area contributed by atoms with Crippen molar-refractivity contribution in [3.05, 3.63) is 44.4 Å². The molecular weight excluding hydrogens is 329 g/mol. The molecule has 0 fully saturated rings. The SMILES string of the molecule is N[C@H]1CCc2nc(NC(=O)c3cc(Cl)cc(Cl)c3)sc2C1. The lowest BCUT2D eigenvalue weighted by atomic mass is 9.99. The molecule has 7 heteroatoms. The zero-order valence-corrected chi connectivity index (χ0v) is 13.4. The minimum atomic E-state index is -0.269. The number of fused-ring (bicyclic) bond motifs is 1. The van der Waals surface area contributed by atoms with Crippen molar-refractivity contribution in [2.24, 2.45) is 5.73 Å². The molecule has 0 saturated heterocycles. The second-order valence-corrected chi connectivity index (χ2v) is 6.96. The van der Waals surface area contributed by atoms with E-state index >= 15 is 0 Å². The molecule has 0 saturated carbocycles. The monoisotopic (exact) mass is 341 g/mol. The molecule has 1 heterocycles. The number of halogens is 2. The van der Waals surface area contributed by atoms with E-state index in [-0.39, 0.29) is 11.9 Å². The molecule has 1 aromatic heterocycles. The van der Waals surface area contributed by atoms with E-state index in [9.17, 15) is 4.79 Å². The number of carbonyl (C=O) groups is 1. The van der Waals surface area contributed by atoms with Crippen molar-refractivity contribution in [3.8, 4) is 0 Å². The summed E-state index contributed by atoms with van der Waals surface area (Å²) in [6.07, 6.45) is 2.63. The molecule has 1 aliphatic rings. The lowest BCUT2D eigenvalue weighted by Crippen LogP contribution is -2.27. The third-order valence-electron chi connectivity index (χ3n) is 3.32. The zero-order chi connectivity index (χ0) is 15.0. The third kappa shape index (κ3) is 3.37. The van der Waals surface area contributed by atoms with Crippen molar-refractivity contribution in [1.29, 1.82) is 0 Å². The quantitative estimate of drug-likeness (QED) is 0.877. The Kier molecular flexibility index (Phi) is 4.17. The zero-order valence-electron chi connectivity index (χ0n) is 11.0. The molecule has 0 aliphatic heterocycles. The topological polar surface area (TPSA) is 68.0 Å². The summed E-state index contributed by atoms with van der Waals surface area (Å²) < 4.78 is 0. The highest BCUT2D eigenvalue weighted by atomic mass is 35.5. The van der Waals surface area contributed by atoms with Gasteiger partial charge in [0, 0.05) is 26.5 Å². The number of hydrogen-bond acceptors (Lipinski definition) is 4. The second kappa shape index (κ2) is 5.93. The van der Waals surface area contributed by atoms with Crippen LogP contribution >= 0.6 is 34.5 Å². The van der Waals surface area contributed by atoms with Gasteiger partial charge in [-0.05, 0) is 37.5 Å². The van der Waals surface area contributed by atoms with E-state index in [4.69, 9.17) is 28.9 Å². The van der Waals surface area contributed by atoms with Gasteiger partial charge in [0.1, 0.15) is 0 Å². The summed E-state index contributed by atoms with van der Waals surface area (Å²) in [5, 5.41) is 4.24. The summed E-state index contributed by atoms with van der Waals surface area (Å²) in [5.74, 6) is -0.269. The molecule has 0 spiro atoms. The number of hydrogen-bond donors (Lipinski definition) is 2. The van der Waals surface area contributed by atoms with Crippen LogP contribution in [0.5, 0.6) is 0 Å². The number of benzene rings is 1. The first-order valence-corrected chi connectivity index (χ1v) is 8.10. The molecule has 1 aromatic carbocycles. The lowest BCUT2D eigenvalue weighted by molar-refractivity contribution is 0.102. The number of anilines is 1. The van der Waals surface area contributed by atoms with Gasteiger partial charge < -0.3 is 5.73 Å². The van der Waals surface area contributed by atoms with E-state index in [0.29, 0.717) is 20.7 Å². The van der Waals surface area contributed by atoms with Crippen LogP contribution in [-0.2, 0) is 12.8 Å². The molecule has 0 unspecified atom stereocenters. The Labute approximate surface area is 136 Å². The first kappa shape index (κ1) is 14.8. The molecule has 110 valence electrons. The van der Waals surface area contributed by atoms with Gasteiger partial charge in [-0.15, -0.1) is 11.3 Å². The number of nitrogens with two attached hydrogens (primary N) is 1. The minimum Gasteiger partial charge on any atom is -0.327 e. The molecule has 1 aliphatic carbocycles. The van der Waals surface area contributed by atoms with Gasteiger partial charge in [-0.2, -0.15) is 0 Å². The molecule has 21 heavy (non-hydrogen) atoms. The summed E-state index contributed by atoms with van der Waals surface area (Å²) in [6.45, 7) is 0. The van der Waals surface area contributed by atoms with E-state index in [1.165, 1.54) is 11.3 Å². The van der Waals surface area contributed by atoms with Crippen LogP contribution in [-0.4, -0.2) is 16.9 Å². The fourth-order valence-electron chi connectivity index (χ4n) is 2.31. The van der Waals surface area contributed by atoms with Crippen molar-refractivity contribution in [2.45, 2.75) is 25.3 Å². The third-order valence-corrected chi connectivity index (χ3v) is 4.79. The maximum atomic E-state index is 12.2. The number of rotatable bonds is 2. The van der Waals surface area contributed by atoms with E-state index in [1.54, 1.807) is 18.2 Å². The summed E-state index contributed by atoms with van der Waals surface area (Å²) in [6, 6.07) is 4.93. The summed E-state index contributed by atoms with van der Waals surface area (Å²) in [7, 11) is 0. The first-order valence-electron chi connectivity index (χ1n) is 6.53. The van der Waals surface area contributed by atoms with Crippen LogP contribution < -0.4 is 11.1 Å². The van der Waals surface area contributed by atoms with Gasteiger partial charge in [-0.25, -0.2) is 4.98 Å². The number of amides is 1. The fraction of sp³-hybridized carbons (Fsp3) is 0.286. The highest BCUT2D eigenvalue weighted by Crippen LogP contribution is 2.29. The van der Waals surface area contributed by atoms with E-state index < -0.39 is 0 Å². The van der Waals surface area contributed by atoms with Crippen molar-refractivity contribution in [3.63, 3.8) is 0 Å². The Balaban J connectivity index is 1.79. The lowest BCUT2D eigenvalue weighted by Gasteiger charge is -2.15. The molecule has 0 bridgehead atoms. The summed E-state index contributed by atoms with van der Waals surface area (Å²) >= 11 is 13.3. The Morgan fingerprint density at radius 2 is 2.05 bits per heavy atom. The van der Waals surface area contributed by atoms with Gasteiger partial charge >= 0.3 is 0 Å². The van der Waals surface area contributed by atoms with E-state index in [0.717, 1.165) is 29.8 Å².